The molecule has 0 saturated heterocycles. The minimum absolute atomic E-state index is 0.0307. The Morgan fingerprint density at radius 3 is 2.44 bits per heavy atom. The van der Waals surface area contributed by atoms with Crippen LogP contribution in [-0.2, 0) is 9.59 Å². The second kappa shape index (κ2) is 12.1. The van der Waals surface area contributed by atoms with Crippen molar-refractivity contribution in [2.24, 2.45) is 0 Å². The SMILES string of the molecule is CCCCCCCCC=CC(=O)NCCC(=O)O. The lowest BCUT2D eigenvalue weighted by molar-refractivity contribution is -0.136. The van der Waals surface area contributed by atoms with E-state index in [1.54, 1.807) is 0 Å². The first-order chi connectivity index (χ1) is 8.66. The molecule has 0 fully saturated rings. The molecule has 0 unspecified atom stereocenters. The van der Waals surface area contributed by atoms with E-state index in [4.69, 9.17) is 5.11 Å². The third-order valence-corrected chi connectivity index (χ3v) is 2.63. The third-order valence-electron chi connectivity index (χ3n) is 2.63. The molecule has 1 amide bonds. The van der Waals surface area contributed by atoms with Gasteiger partial charge in [0.2, 0.25) is 5.91 Å². The lowest BCUT2D eigenvalue weighted by Gasteiger charge is -1.99. The highest BCUT2D eigenvalue weighted by atomic mass is 16.4. The summed E-state index contributed by atoms with van der Waals surface area (Å²) in [6.45, 7) is 2.39. The predicted molar refractivity (Wildman–Crippen MR) is 72.4 cm³/mol. The molecule has 0 radical (unpaired) electrons. The Hall–Kier alpha value is -1.32. The zero-order chi connectivity index (χ0) is 13.6. The Balaban J connectivity index is 3.35. The van der Waals surface area contributed by atoms with E-state index >= 15 is 0 Å². The maximum atomic E-state index is 11.2. The number of hydrogen-bond acceptors (Lipinski definition) is 2. The van der Waals surface area contributed by atoms with Crippen molar-refractivity contribution in [1.29, 1.82) is 0 Å². The lowest BCUT2D eigenvalue weighted by Crippen LogP contribution is -2.23. The van der Waals surface area contributed by atoms with Gasteiger partial charge in [0.1, 0.15) is 0 Å². The fraction of sp³-hybridized carbons (Fsp3) is 0.714. The van der Waals surface area contributed by atoms with Crippen LogP contribution in [0.5, 0.6) is 0 Å². The summed E-state index contributed by atoms with van der Waals surface area (Å²) < 4.78 is 0. The number of hydrogen-bond donors (Lipinski definition) is 2. The van der Waals surface area contributed by atoms with Crippen molar-refractivity contribution < 1.29 is 14.7 Å². The van der Waals surface area contributed by atoms with Crippen LogP contribution in [0.1, 0.15) is 58.3 Å². The average molecular weight is 255 g/mol. The summed E-state index contributed by atoms with van der Waals surface area (Å²) in [4.78, 5) is 21.4. The molecule has 0 aliphatic heterocycles. The maximum Gasteiger partial charge on any atom is 0.305 e. The smallest absolute Gasteiger partial charge is 0.305 e. The largest absolute Gasteiger partial charge is 0.481 e. The number of allylic oxidation sites excluding steroid dienone is 1. The van der Waals surface area contributed by atoms with Crippen LogP contribution in [0, 0.1) is 0 Å². The molecule has 0 atom stereocenters. The van der Waals surface area contributed by atoms with E-state index in [0.29, 0.717) is 0 Å². The number of carboxylic acid groups (broad SMARTS) is 1. The van der Waals surface area contributed by atoms with Crippen LogP contribution in [0.15, 0.2) is 12.2 Å². The third kappa shape index (κ3) is 12.7. The molecule has 0 aromatic carbocycles. The van der Waals surface area contributed by atoms with Gasteiger partial charge < -0.3 is 10.4 Å². The second-order valence-electron chi connectivity index (χ2n) is 4.39. The number of aliphatic carboxylic acids is 1. The van der Waals surface area contributed by atoms with Crippen molar-refractivity contribution in [3.8, 4) is 0 Å². The van der Waals surface area contributed by atoms with Crippen LogP contribution in [0.2, 0.25) is 0 Å². The van der Waals surface area contributed by atoms with Crippen LogP contribution in [0.3, 0.4) is 0 Å². The number of nitrogens with one attached hydrogen (secondary N) is 1. The van der Waals surface area contributed by atoms with E-state index in [1.165, 1.54) is 38.2 Å². The monoisotopic (exact) mass is 255 g/mol. The number of carboxylic acids is 1. The number of carbonyl (C=O) groups is 2. The standard InChI is InChI=1S/C14H25NO3/c1-2-3-4-5-6-7-8-9-10-13(16)15-12-11-14(17)18/h9-10H,2-8,11-12H2,1H3,(H,15,16)(H,17,18). The fourth-order valence-corrected chi connectivity index (χ4v) is 1.58. The van der Waals surface area contributed by atoms with Gasteiger partial charge in [0.25, 0.3) is 0 Å². The van der Waals surface area contributed by atoms with E-state index in [1.807, 2.05) is 6.08 Å². The minimum atomic E-state index is -0.897. The van der Waals surface area contributed by atoms with E-state index in [0.717, 1.165) is 12.8 Å². The molecule has 0 aliphatic rings. The zero-order valence-corrected chi connectivity index (χ0v) is 11.3. The molecule has 0 heterocycles. The highest BCUT2D eigenvalue weighted by Crippen LogP contribution is 2.06. The zero-order valence-electron chi connectivity index (χ0n) is 11.3. The van der Waals surface area contributed by atoms with Crippen LogP contribution in [0.4, 0.5) is 0 Å². The van der Waals surface area contributed by atoms with Crippen LogP contribution in [-0.4, -0.2) is 23.5 Å². The molecule has 18 heavy (non-hydrogen) atoms. The van der Waals surface area contributed by atoms with Gasteiger partial charge in [0.15, 0.2) is 0 Å². The van der Waals surface area contributed by atoms with Crippen molar-refractivity contribution >= 4 is 11.9 Å². The number of carbonyl (C=O) groups excluding carboxylic acids is 1. The normalized spacial score (nSPS) is 10.7. The molecular formula is C14H25NO3. The summed E-state index contributed by atoms with van der Waals surface area (Å²) in [5, 5.41) is 10.9. The lowest BCUT2D eigenvalue weighted by atomic mass is 10.1. The number of rotatable bonds is 11. The van der Waals surface area contributed by atoms with E-state index in [2.05, 4.69) is 12.2 Å². The first-order valence-electron chi connectivity index (χ1n) is 6.83. The minimum Gasteiger partial charge on any atom is -0.481 e. The molecule has 0 saturated carbocycles. The predicted octanol–water partition coefficient (Wildman–Crippen LogP) is 2.88. The first-order valence-corrected chi connectivity index (χ1v) is 6.83. The van der Waals surface area contributed by atoms with Crippen molar-refractivity contribution in [3.63, 3.8) is 0 Å². The molecule has 2 N–H and O–H groups in total. The van der Waals surface area contributed by atoms with Crippen LogP contribution < -0.4 is 5.32 Å². The molecule has 0 aromatic rings. The maximum absolute atomic E-state index is 11.2. The van der Waals surface area contributed by atoms with E-state index < -0.39 is 5.97 Å². The molecule has 104 valence electrons. The Labute approximate surface area is 109 Å². The van der Waals surface area contributed by atoms with E-state index in [9.17, 15) is 9.59 Å². The summed E-state index contributed by atoms with van der Waals surface area (Å²) in [5.74, 6) is -1.10. The van der Waals surface area contributed by atoms with Gasteiger partial charge in [-0.3, -0.25) is 9.59 Å². The number of amides is 1. The Morgan fingerprint density at radius 1 is 1.11 bits per heavy atom. The van der Waals surface area contributed by atoms with Crippen molar-refractivity contribution in [2.75, 3.05) is 6.54 Å². The molecule has 4 heteroatoms. The molecule has 4 nitrogen and oxygen atoms in total. The van der Waals surface area contributed by atoms with Gasteiger partial charge in [-0.1, -0.05) is 45.1 Å². The van der Waals surface area contributed by atoms with Gasteiger partial charge in [0, 0.05) is 6.54 Å². The van der Waals surface area contributed by atoms with Crippen molar-refractivity contribution in [2.45, 2.75) is 58.3 Å². The van der Waals surface area contributed by atoms with Gasteiger partial charge in [-0.15, -0.1) is 0 Å². The van der Waals surface area contributed by atoms with Crippen LogP contribution >= 0.6 is 0 Å². The summed E-state index contributed by atoms with van der Waals surface area (Å²) in [6.07, 6.45) is 11.7. The molecule has 0 bridgehead atoms. The molecule has 0 rings (SSSR count). The van der Waals surface area contributed by atoms with E-state index in [-0.39, 0.29) is 18.9 Å². The topological polar surface area (TPSA) is 66.4 Å². The van der Waals surface area contributed by atoms with Gasteiger partial charge in [-0.05, 0) is 18.9 Å². The quantitative estimate of drug-likeness (QED) is 0.440. The van der Waals surface area contributed by atoms with Crippen LogP contribution in [0.25, 0.3) is 0 Å². The summed E-state index contributed by atoms with van der Waals surface area (Å²) in [7, 11) is 0. The summed E-state index contributed by atoms with van der Waals surface area (Å²) in [6, 6.07) is 0. The van der Waals surface area contributed by atoms with Gasteiger partial charge in [0.05, 0.1) is 6.42 Å². The summed E-state index contributed by atoms with van der Waals surface area (Å²) >= 11 is 0. The second-order valence-corrected chi connectivity index (χ2v) is 4.39. The van der Waals surface area contributed by atoms with Gasteiger partial charge in [-0.2, -0.15) is 0 Å². The molecule has 0 aliphatic carbocycles. The summed E-state index contributed by atoms with van der Waals surface area (Å²) in [5.41, 5.74) is 0. The Bertz CT molecular complexity index is 262. The molecule has 0 spiro atoms. The molecular weight excluding hydrogens is 230 g/mol. The molecule has 0 aromatic heterocycles. The van der Waals surface area contributed by atoms with Crippen molar-refractivity contribution in [1.82, 2.24) is 5.32 Å². The first kappa shape index (κ1) is 16.7. The number of unbranched alkanes of at least 4 members (excludes halogenated alkanes) is 6. The highest BCUT2D eigenvalue weighted by Gasteiger charge is 1.98. The Morgan fingerprint density at radius 2 is 1.78 bits per heavy atom. The average Bonchev–Trinajstić information content (AvgIpc) is 2.32. The Kier molecular flexibility index (Phi) is 11.3. The van der Waals surface area contributed by atoms with Crippen molar-refractivity contribution in [3.05, 3.63) is 12.2 Å². The van der Waals surface area contributed by atoms with Gasteiger partial charge >= 0.3 is 5.97 Å². The van der Waals surface area contributed by atoms with Gasteiger partial charge in [-0.25, -0.2) is 0 Å². The fourth-order valence-electron chi connectivity index (χ4n) is 1.58. The highest BCUT2D eigenvalue weighted by molar-refractivity contribution is 5.87.